The molecule has 0 aromatic heterocycles. The van der Waals surface area contributed by atoms with E-state index in [4.69, 9.17) is 19.3 Å². The maximum atomic E-state index is 12.0. The summed E-state index contributed by atoms with van der Waals surface area (Å²) in [6.45, 7) is 1.55. The molecule has 0 rings (SSSR count). The molecule has 29 heavy (non-hydrogen) atoms. The smallest absolute Gasteiger partial charge is 0.395 e. The Labute approximate surface area is 176 Å². The van der Waals surface area contributed by atoms with Crippen LogP contribution in [-0.4, -0.2) is 70.9 Å². The van der Waals surface area contributed by atoms with Crippen LogP contribution in [-0.2, 0) is 13.6 Å². The Balaban J connectivity index is 3.79. The highest BCUT2D eigenvalue weighted by Crippen LogP contribution is 2.45. The van der Waals surface area contributed by atoms with E-state index in [9.17, 15) is 14.6 Å². The molecular weight excluding hydrogens is 397 g/mol. The Hall–Kier alpha value is -0.0500. The second kappa shape index (κ2) is 19.9. The fourth-order valence-electron chi connectivity index (χ4n) is 3.18. The van der Waals surface area contributed by atoms with Crippen LogP contribution in [0.4, 0.5) is 0 Å². The normalized spacial score (nSPS) is 15.0. The molecule has 0 bridgehead atoms. The van der Waals surface area contributed by atoms with Crippen LogP contribution in [0.2, 0.25) is 0 Å². The zero-order valence-electron chi connectivity index (χ0n) is 18.2. The third-order valence-corrected chi connectivity index (χ3v) is 5.86. The molecule has 0 fully saturated rings. The van der Waals surface area contributed by atoms with E-state index in [0.717, 1.165) is 12.8 Å². The van der Waals surface area contributed by atoms with Crippen molar-refractivity contribution in [1.82, 2.24) is 4.90 Å². The Bertz CT molecular complexity index is 395. The largest absolute Gasteiger partial charge is 0.473 e. The first-order valence-electron chi connectivity index (χ1n) is 11.2. The molecule has 0 spiro atoms. The summed E-state index contributed by atoms with van der Waals surface area (Å²) in [5.74, 6) is 0. The number of rotatable bonds is 22. The SMILES string of the molecule is CCCCCCCCCCCCCCOP(=O)(O)OC(CO)N(CCO)CCO. The van der Waals surface area contributed by atoms with Gasteiger partial charge in [-0.25, -0.2) is 4.57 Å². The minimum Gasteiger partial charge on any atom is -0.395 e. The molecule has 8 nitrogen and oxygen atoms in total. The standard InChI is InChI=1S/C20H44NO7P/c1-2-3-4-5-6-7-8-9-10-11-12-13-18-27-29(25,26)28-20(19-24)21(14-16-22)15-17-23/h20,22-24H,2-19H2,1H3,(H,25,26). The number of aliphatic hydroxyl groups is 3. The highest BCUT2D eigenvalue weighted by Gasteiger charge is 2.29. The van der Waals surface area contributed by atoms with Crippen LogP contribution in [0.3, 0.4) is 0 Å². The van der Waals surface area contributed by atoms with Gasteiger partial charge in [-0.3, -0.25) is 13.9 Å². The van der Waals surface area contributed by atoms with Crippen molar-refractivity contribution < 1.29 is 33.8 Å². The molecule has 4 N–H and O–H groups in total. The summed E-state index contributed by atoms with van der Waals surface area (Å²) in [6.07, 6.45) is 13.2. The Morgan fingerprint density at radius 1 is 0.793 bits per heavy atom. The predicted molar refractivity (Wildman–Crippen MR) is 115 cm³/mol. The first kappa shape index (κ1) is 28.9. The van der Waals surface area contributed by atoms with Crippen molar-refractivity contribution in [2.75, 3.05) is 39.5 Å². The molecule has 2 unspecified atom stereocenters. The van der Waals surface area contributed by atoms with Crippen LogP contribution in [0.1, 0.15) is 84.0 Å². The van der Waals surface area contributed by atoms with Crippen LogP contribution in [0.25, 0.3) is 0 Å². The van der Waals surface area contributed by atoms with Crippen molar-refractivity contribution >= 4 is 7.82 Å². The van der Waals surface area contributed by atoms with E-state index in [0.29, 0.717) is 6.42 Å². The maximum absolute atomic E-state index is 12.0. The lowest BCUT2D eigenvalue weighted by Crippen LogP contribution is -2.42. The number of hydrogen-bond acceptors (Lipinski definition) is 7. The topological polar surface area (TPSA) is 120 Å². The number of unbranched alkanes of at least 4 members (excludes halogenated alkanes) is 11. The van der Waals surface area contributed by atoms with Gasteiger partial charge < -0.3 is 20.2 Å². The molecule has 0 amide bonds. The van der Waals surface area contributed by atoms with E-state index >= 15 is 0 Å². The van der Waals surface area contributed by atoms with Gasteiger partial charge in [0.15, 0.2) is 0 Å². The summed E-state index contributed by atoms with van der Waals surface area (Å²) >= 11 is 0. The molecule has 2 atom stereocenters. The van der Waals surface area contributed by atoms with Crippen LogP contribution in [0.15, 0.2) is 0 Å². The highest BCUT2D eigenvalue weighted by molar-refractivity contribution is 7.47. The van der Waals surface area contributed by atoms with Crippen molar-refractivity contribution in [2.45, 2.75) is 90.2 Å². The third-order valence-electron chi connectivity index (χ3n) is 4.85. The van der Waals surface area contributed by atoms with Gasteiger partial charge in [-0.05, 0) is 6.42 Å². The molecule has 0 aromatic rings. The van der Waals surface area contributed by atoms with Gasteiger partial charge in [0.2, 0.25) is 0 Å². The van der Waals surface area contributed by atoms with Gasteiger partial charge in [-0.2, -0.15) is 0 Å². The monoisotopic (exact) mass is 441 g/mol. The Morgan fingerprint density at radius 3 is 1.66 bits per heavy atom. The molecule has 176 valence electrons. The summed E-state index contributed by atoms with van der Waals surface area (Å²) < 4.78 is 22.0. The molecule has 0 aliphatic heterocycles. The van der Waals surface area contributed by atoms with E-state index in [-0.39, 0.29) is 32.9 Å². The number of phosphoric acid groups is 1. The number of nitrogens with zero attached hydrogens (tertiary/aromatic N) is 1. The molecular formula is C20H44NO7P. The van der Waals surface area contributed by atoms with E-state index in [1.807, 2.05) is 0 Å². The fourth-order valence-corrected chi connectivity index (χ4v) is 4.11. The fraction of sp³-hybridized carbons (Fsp3) is 1.00. The van der Waals surface area contributed by atoms with Gasteiger partial charge in [-0.15, -0.1) is 0 Å². The lowest BCUT2D eigenvalue weighted by Gasteiger charge is -2.29. The summed E-state index contributed by atoms with van der Waals surface area (Å²) in [5, 5.41) is 27.4. The Morgan fingerprint density at radius 2 is 1.24 bits per heavy atom. The number of aliphatic hydroxyl groups excluding tert-OH is 3. The van der Waals surface area contributed by atoms with Gasteiger partial charge in [-0.1, -0.05) is 77.6 Å². The molecule has 0 saturated carbocycles. The van der Waals surface area contributed by atoms with Crippen molar-refractivity contribution in [3.05, 3.63) is 0 Å². The van der Waals surface area contributed by atoms with Crippen molar-refractivity contribution in [1.29, 1.82) is 0 Å². The average molecular weight is 442 g/mol. The van der Waals surface area contributed by atoms with Gasteiger partial charge in [0.05, 0.1) is 26.4 Å². The van der Waals surface area contributed by atoms with E-state index < -0.39 is 20.7 Å². The molecule has 0 saturated heterocycles. The summed E-state index contributed by atoms with van der Waals surface area (Å²) in [6, 6.07) is 0. The van der Waals surface area contributed by atoms with Gasteiger partial charge >= 0.3 is 7.82 Å². The zero-order chi connectivity index (χ0) is 21.8. The number of hydrogen-bond donors (Lipinski definition) is 4. The minimum atomic E-state index is -4.31. The molecule has 0 aliphatic rings. The summed E-state index contributed by atoms with van der Waals surface area (Å²) in [4.78, 5) is 11.2. The second-order valence-corrected chi connectivity index (χ2v) is 8.82. The van der Waals surface area contributed by atoms with E-state index in [1.165, 1.54) is 62.7 Å². The first-order valence-corrected chi connectivity index (χ1v) is 12.7. The summed E-state index contributed by atoms with van der Waals surface area (Å²) in [5.41, 5.74) is 0. The first-order chi connectivity index (χ1) is 14.0. The van der Waals surface area contributed by atoms with Crippen LogP contribution >= 0.6 is 7.82 Å². The molecule has 0 heterocycles. The van der Waals surface area contributed by atoms with Gasteiger partial charge in [0.25, 0.3) is 0 Å². The lowest BCUT2D eigenvalue weighted by molar-refractivity contribution is -0.0483. The van der Waals surface area contributed by atoms with Crippen LogP contribution < -0.4 is 0 Å². The number of phosphoric ester groups is 1. The molecule has 0 aromatic carbocycles. The lowest BCUT2D eigenvalue weighted by atomic mass is 10.1. The summed E-state index contributed by atoms with van der Waals surface area (Å²) in [7, 11) is -4.31. The highest BCUT2D eigenvalue weighted by atomic mass is 31.2. The van der Waals surface area contributed by atoms with Crippen molar-refractivity contribution in [2.24, 2.45) is 0 Å². The average Bonchev–Trinajstić information content (AvgIpc) is 2.69. The van der Waals surface area contributed by atoms with Crippen molar-refractivity contribution in [3.63, 3.8) is 0 Å². The van der Waals surface area contributed by atoms with Gasteiger partial charge in [0, 0.05) is 13.1 Å². The van der Waals surface area contributed by atoms with Gasteiger partial charge in [0.1, 0.15) is 6.23 Å². The zero-order valence-corrected chi connectivity index (χ0v) is 19.1. The molecule has 0 aliphatic carbocycles. The third kappa shape index (κ3) is 17.3. The second-order valence-electron chi connectivity index (χ2n) is 7.42. The van der Waals surface area contributed by atoms with Crippen LogP contribution in [0, 0.1) is 0 Å². The van der Waals surface area contributed by atoms with Crippen molar-refractivity contribution in [3.8, 4) is 0 Å². The maximum Gasteiger partial charge on any atom is 0.473 e. The minimum absolute atomic E-state index is 0.102. The molecule has 0 radical (unpaired) electrons. The quantitative estimate of drug-likeness (QED) is 0.115. The van der Waals surface area contributed by atoms with E-state index in [1.54, 1.807) is 0 Å². The Kier molecular flexibility index (Phi) is 19.9. The predicted octanol–water partition coefficient (Wildman–Crippen LogP) is 3.43. The molecule has 9 heteroatoms. The van der Waals surface area contributed by atoms with E-state index in [2.05, 4.69) is 6.92 Å². The van der Waals surface area contributed by atoms with Crippen LogP contribution in [0.5, 0.6) is 0 Å².